The molecule has 0 atom stereocenters. The normalized spacial score (nSPS) is 8.87. The number of rotatable bonds is 5. The van der Waals surface area contributed by atoms with Crippen LogP contribution in [-0.4, -0.2) is 24.5 Å². The predicted octanol–water partition coefficient (Wildman–Crippen LogP) is 0.752. The van der Waals surface area contributed by atoms with Crippen molar-refractivity contribution in [3.63, 3.8) is 0 Å². The number of esters is 3. The largest absolute Gasteiger partial charge is 0.462 e. The van der Waals surface area contributed by atoms with Crippen molar-refractivity contribution >= 4 is 17.9 Å². The van der Waals surface area contributed by atoms with Crippen LogP contribution < -0.4 is 0 Å². The van der Waals surface area contributed by atoms with Gasteiger partial charge in [-0.1, -0.05) is 13.2 Å². The highest BCUT2D eigenvalue weighted by Gasteiger charge is 2.11. The Kier molecular flexibility index (Phi) is 5.70. The fraction of sp³-hybridized carbons (Fsp3) is 0.300. The van der Waals surface area contributed by atoms with Crippen LogP contribution in [0.15, 0.2) is 24.8 Å². The first-order valence-electron chi connectivity index (χ1n) is 4.17. The molecule has 0 amide bonds. The number of hydrogen-bond donors (Lipinski definition) is 0. The van der Waals surface area contributed by atoms with E-state index in [0.717, 1.165) is 6.08 Å². The molecule has 0 aliphatic heterocycles. The predicted molar refractivity (Wildman–Crippen MR) is 51.7 cm³/mol. The van der Waals surface area contributed by atoms with Crippen LogP contribution in [-0.2, 0) is 23.9 Å². The van der Waals surface area contributed by atoms with Crippen LogP contribution in [0.25, 0.3) is 0 Å². The Balaban J connectivity index is 3.76. The summed E-state index contributed by atoms with van der Waals surface area (Å²) in [7, 11) is 0. The van der Waals surface area contributed by atoms with E-state index in [4.69, 9.17) is 0 Å². The fourth-order valence-electron chi connectivity index (χ4n) is 0.535. The van der Waals surface area contributed by atoms with Crippen molar-refractivity contribution in [2.75, 3.05) is 6.61 Å². The van der Waals surface area contributed by atoms with Gasteiger partial charge in [0.25, 0.3) is 0 Å². The number of ether oxygens (including phenoxy) is 2. The van der Waals surface area contributed by atoms with Gasteiger partial charge in [-0.15, -0.1) is 0 Å². The second-order valence-corrected chi connectivity index (χ2v) is 2.66. The van der Waals surface area contributed by atoms with Gasteiger partial charge in [0, 0.05) is 11.6 Å². The van der Waals surface area contributed by atoms with Crippen LogP contribution in [0.5, 0.6) is 0 Å². The van der Waals surface area contributed by atoms with E-state index in [0.29, 0.717) is 0 Å². The molecule has 0 aromatic heterocycles. The van der Waals surface area contributed by atoms with E-state index in [1.165, 1.54) is 6.92 Å². The zero-order chi connectivity index (χ0) is 11.8. The molecule has 0 bridgehead atoms. The summed E-state index contributed by atoms with van der Waals surface area (Å²) in [5.41, 5.74) is 0.131. The Hall–Kier alpha value is -1.91. The van der Waals surface area contributed by atoms with Gasteiger partial charge in [0.15, 0.2) is 0 Å². The van der Waals surface area contributed by atoms with Crippen LogP contribution in [0.3, 0.4) is 0 Å². The van der Waals surface area contributed by atoms with E-state index in [2.05, 4.69) is 22.6 Å². The van der Waals surface area contributed by atoms with Crippen LogP contribution in [0.4, 0.5) is 0 Å². The number of carbonyl (C=O) groups excluding carboxylic acids is 3. The minimum absolute atomic E-state index is 0.131. The summed E-state index contributed by atoms with van der Waals surface area (Å²) in [5.74, 6) is -2.18. The lowest BCUT2D eigenvalue weighted by atomic mass is 10.3. The Labute approximate surface area is 87.4 Å². The molecule has 0 N–H and O–H groups in total. The number of carbonyl (C=O) groups is 3. The maximum absolute atomic E-state index is 10.9. The third kappa shape index (κ3) is 6.20. The lowest BCUT2D eigenvalue weighted by Gasteiger charge is -2.02. The van der Waals surface area contributed by atoms with Crippen molar-refractivity contribution in [1.29, 1.82) is 0 Å². The fourth-order valence-corrected chi connectivity index (χ4v) is 0.535. The molecule has 0 aliphatic carbocycles. The van der Waals surface area contributed by atoms with Gasteiger partial charge in [-0.3, -0.25) is 4.79 Å². The van der Waals surface area contributed by atoms with Crippen molar-refractivity contribution in [1.82, 2.24) is 0 Å². The molecule has 0 spiro atoms. The molecule has 0 saturated carbocycles. The summed E-state index contributed by atoms with van der Waals surface area (Å²) in [5, 5.41) is 0. The van der Waals surface area contributed by atoms with Gasteiger partial charge in [-0.2, -0.15) is 0 Å². The van der Waals surface area contributed by atoms with E-state index < -0.39 is 17.9 Å². The molecule has 82 valence electrons. The smallest absolute Gasteiger partial charge is 0.340 e. The topological polar surface area (TPSA) is 69.7 Å². The molecule has 5 heteroatoms. The molecule has 0 fully saturated rings. The highest BCUT2D eigenvalue weighted by atomic mass is 16.6. The molecule has 0 aromatic rings. The van der Waals surface area contributed by atoms with Crippen molar-refractivity contribution in [3.05, 3.63) is 24.8 Å². The first-order chi connectivity index (χ1) is 6.97. The second-order valence-electron chi connectivity index (χ2n) is 2.66. The van der Waals surface area contributed by atoms with Crippen LogP contribution >= 0.6 is 0 Å². The second kappa shape index (κ2) is 6.53. The van der Waals surface area contributed by atoms with Crippen molar-refractivity contribution < 1.29 is 23.9 Å². The average Bonchev–Trinajstić information content (AvgIpc) is 2.17. The zero-order valence-corrected chi connectivity index (χ0v) is 8.45. The lowest BCUT2D eigenvalue weighted by molar-refractivity contribution is -0.157. The maximum atomic E-state index is 10.9. The summed E-state index contributed by atoms with van der Waals surface area (Å²) >= 11 is 0. The van der Waals surface area contributed by atoms with Crippen LogP contribution in [0.1, 0.15) is 13.3 Å². The first-order valence-corrected chi connectivity index (χ1v) is 4.17. The molecule has 0 saturated heterocycles. The van der Waals surface area contributed by atoms with Crippen molar-refractivity contribution in [2.45, 2.75) is 13.3 Å². The minimum atomic E-state index is -0.782. The summed E-state index contributed by atoms with van der Waals surface area (Å²) in [4.78, 5) is 32.3. The third-order valence-electron chi connectivity index (χ3n) is 1.27. The van der Waals surface area contributed by atoms with Crippen LogP contribution in [0, 0.1) is 0 Å². The molecular weight excluding hydrogens is 200 g/mol. The Morgan fingerprint density at radius 1 is 1.33 bits per heavy atom. The molecule has 0 unspecified atom stereocenters. The summed E-state index contributed by atoms with van der Waals surface area (Å²) < 4.78 is 8.85. The van der Waals surface area contributed by atoms with E-state index in [1.807, 2.05) is 0 Å². The molecule has 0 aliphatic rings. The van der Waals surface area contributed by atoms with Gasteiger partial charge in [0.1, 0.15) is 6.61 Å². The van der Waals surface area contributed by atoms with E-state index in [-0.39, 0.29) is 18.6 Å². The molecular formula is C10H12O5. The minimum Gasteiger partial charge on any atom is -0.462 e. The maximum Gasteiger partial charge on any atom is 0.340 e. The standard InChI is InChI=1S/C10H12O5/c1-4-8(11)14-6-5-9(12)15-10(13)7(2)3/h4H,1-2,5-6H2,3H3. The van der Waals surface area contributed by atoms with E-state index in [9.17, 15) is 14.4 Å². The summed E-state index contributed by atoms with van der Waals surface area (Å²) in [6.45, 7) is 7.76. The SMILES string of the molecule is C=CC(=O)OCCC(=O)OC(=O)C(=C)C. The highest BCUT2D eigenvalue weighted by Crippen LogP contribution is 1.95. The molecule has 0 rings (SSSR count). The highest BCUT2D eigenvalue weighted by molar-refractivity contribution is 5.95. The average molecular weight is 212 g/mol. The molecule has 5 nitrogen and oxygen atoms in total. The van der Waals surface area contributed by atoms with Gasteiger partial charge >= 0.3 is 17.9 Å². The Bertz CT molecular complexity index is 303. The Morgan fingerprint density at radius 2 is 1.93 bits per heavy atom. The Morgan fingerprint density at radius 3 is 2.40 bits per heavy atom. The zero-order valence-electron chi connectivity index (χ0n) is 8.45. The summed E-state index contributed by atoms with van der Waals surface area (Å²) in [6, 6.07) is 0. The first kappa shape index (κ1) is 13.1. The molecule has 0 heterocycles. The van der Waals surface area contributed by atoms with Gasteiger partial charge in [0.05, 0.1) is 6.42 Å². The van der Waals surface area contributed by atoms with Crippen molar-refractivity contribution in [3.8, 4) is 0 Å². The summed E-state index contributed by atoms with van der Waals surface area (Å²) in [6.07, 6.45) is 0.795. The molecule has 0 aromatic carbocycles. The van der Waals surface area contributed by atoms with Gasteiger partial charge in [-0.05, 0) is 6.92 Å². The van der Waals surface area contributed by atoms with Crippen molar-refractivity contribution in [2.24, 2.45) is 0 Å². The third-order valence-corrected chi connectivity index (χ3v) is 1.27. The van der Waals surface area contributed by atoms with Gasteiger partial charge in [0.2, 0.25) is 0 Å². The molecule has 0 radical (unpaired) electrons. The lowest BCUT2D eigenvalue weighted by Crippen LogP contribution is -2.15. The van der Waals surface area contributed by atoms with E-state index >= 15 is 0 Å². The van der Waals surface area contributed by atoms with E-state index in [1.54, 1.807) is 0 Å². The molecule has 15 heavy (non-hydrogen) atoms. The quantitative estimate of drug-likeness (QED) is 0.382. The van der Waals surface area contributed by atoms with Gasteiger partial charge < -0.3 is 9.47 Å². The monoisotopic (exact) mass is 212 g/mol. The van der Waals surface area contributed by atoms with Crippen LogP contribution in [0.2, 0.25) is 0 Å². The van der Waals surface area contributed by atoms with Gasteiger partial charge in [-0.25, -0.2) is 9.59 Å². The number of hydrogen-bond acceptors (Lipinski definition) is 5.